The molecule has 0 saturated carbocycles. The maximum absolute atomic E-state index is 5.10. The number of hydrogen-bond acceptors (Lipinski definition) is 2. The van der Waals surface area contributed by atoms with Crippen LogP contribution in [-0.4, -0.2) is 19.7 Å². The minimum atomic E-state index is 0.774. The van der Waals surface area contributed by atoms with Gasteiger partial charge in [0.2, 0.25) is 0 Å². The van der Waals surface area contributed by atoms with Crippen molar-refractivity contribution in [1.82, 2.24) is 19.7 Å². The predicted molar refractivity (Wildman–Crippen MR) is 137 cm³/mol. The van der Waals surface area contributed by atoms with Crippen LogP contribution in [0.25, 0.3) is 51.0 Å². The zero-order chi connectivity index (χ0) is 22.7. The van der Waals surface area contributed by atoms with Gasteiger partial charge in [0.05, 0.1) is 22.8 Å². The molecule has 0 aliphatic carbocycles. The summed E-state index contributed by atoms with van der Waals surface area (Å²) in [6, 6.07) is 43.1. The second-order valence-electron chi connectivity index (χ2n) is 8.07. The van der Waals surface area contributed by atoms with Gasteiger partial charge in [-0.25, -0.2) is 9.67 Å². The molecule has 4 nitrogen and oxygen atoms in total. The van der Waals surface area contributed by atoms with Crippen LogP contribution in [0.15, 0.2) is 127 Å². The van der Waals surface area contributed by atoms with E-state index in [1.807, 2.05) is 77.5 Å². The highest BCUT2D eigenvalue weighted by Crippen LogP contribution is 2.34. The first-order valence-corrected chi connectivity index (χ1v) is 11.3. The van der Waals surface area contributed by atoms with Crippen LogP contribution in [0, 0.1) is 0 Å². The first kappa shape index (κ1) is 19.9. The maximum Gasteiger partial charge on any atom is 0.157 e. The summed E-state index contributed by atoms with van der Waals surface area (Å²) in [6.07, 6.45) is 0. The van der Waals surface area contributed by atoms with Crippen molar-refractivity contribution >= 4 is 0 Å². The standard InChI is InChI=1S/C30H22N4/c1-5-13-22(14-6-1)26-21-27(34(33-26)25-19-11-4-12-20-25)30-31-28(23-15-7-2-8-16-23)29(32-30)24-17-9-3-10-18-24/h1-21H,(H,31,32). The summed E-state index contributed by atoms with van der Waals surface area (Å²) in [7, 11) is 0. The van der Waals surface area contributed by atoms with E-state index in [-0.39, 0.29) is 0 Å². The number of rotatable bonds is 5. The van der Waals surface area contributed by atoms with E-state index in [2.05, 4.69) is 59.6 Å². The molecule has 162 valence electrons. The SMILES string of the molecule is c1ccc(-c2cc(-c3nc(-c4ccccc4)c(-c4ccccc4)[nH]3)n(-c3ccccc3)n2)cc1. The molecule has 0 aliphatic heterocycles. The minimum absolute atomic E-state index is 0.774. The van der Waals surface area contributed by atoms with E-state index in [0.29, 0.717) is 0 Å². The first-order chi connectivity index (χ1) is 16.9. The molecule has 0 atom stereocenters. The Morgan fingerprint density at radius 2 is 1.09 bits per heavy atom. The van der Waals surface area contributed by atoms with Crippen LogP contribution < -0.4 is 0 Å². The molecule has 0 bridgehead atoms. The van der Waals surface area contributed by atoms with Gasteiger partial charge in [0, 0.05) is 16.7 Å². The average Bonchev–Trinajstić information content (AvgIpc) is 3.56. The quantitative estimate of drug-likeness (QED) is 0.308. The van der Waals surface area contributed by atoms with E-state index in [0.717, 1.165) is 51.0 Å². The molecule has 0 unspecified atom stereocenters. The Bertz CT molecular complexity index is 1460. The molecule has 4 heteroatoms. The molecule has 0 fully saturated rings. The third-order valence-electron chi connectivity index (χ3n) is 5.84. The van der Waals surface area contributed by atoms with Crippen molar-refractivity contribution in [3.05, 3.63) is 127 Å². The van der Waals surface area contributed by atoms with Crippen molar-refractivity contribution in [3.8, 4) is 51.0 Å². The largest absolute Gasteiger partial charge is 0.336 e. The summed E-state index contributed by atoms with van der Waals surface area (Å²) in [6.45, 7) is 0. The number of hydrogen-bond donors (Lipinski definition) is 1. The Morgan fingerprint density at radius 3 is 1.71 bits per heavy atom. The van der Waals surface area contributed by atoms with E-state index in [1.54, 1.807) is 0 Å². The fourth-order valence-electron chi connectivity index (χ4n) is 4.18. The fourth-order valence-corrected chi connectivity index (χ4v) is 4.18. The monoisotopic (exact) mass is 438 g/mol. The smallest absolute Gasteiger partial charge is 0.157 e. The van der Waals surface area contributed by atoms with Gasteiger partial charge >= 0.3 is 0 Å². The lowest BCUT2D eigenvalue weighted by molar-refractivity contribution is 0.885. The van der Waals surface area contributed by atoms with Crippen molar-refractivity contribution in [2.45, 2.75) is 0 Å². The van der Waals surface area contributed by atoms with Crippen LogP contribution >= 0.6 is 0 Å². The van der Waals surface area contributed by atoms with E-state index >= 15 is 0 Å². The van der Waals surface area contributed by atoms with E-state index in [9.17, 15) is 0 Å². The highest BCUT2D eigenvalue weighted by atomic mass is 15.3. The van der Waals surface area contributed by atoms with Gasteiger partial charge in [0.15, 0.2) is 5.82 Å². The molecular weight excluding hydrogens is 416 g/mol. The van der Waals surface area contributed by atoms with Gasteiger partial charge in [-0.1, -0.05) is 109 Å². The Morgan fingerprint density at radius 1 is 0.559 bits per heavy atom. The molecule has 2 aromatic heterocycles. The Kier molecular flexibility index (Phi) is 5.09. The summed E-state index contributed by atoms with van der Waals surface area (Å²) in [5.74, 6) is 0.774. The van der Waals surface area contributed by atoms with Crippen LogP contribution in [0.1, 0.15) is 0 Å². The molecule has 6 aromatic rings. The second kappa shape index (κ2) is 8.68. The number of aromatic nitrogens is 4. The molecule has 0 saturated heterocycles. The molecule has 0 amide bonds. The molecule has 0 spiro atoms. The molecule has 0 aliphatic rings. The van der Waals surface area contributed by atoms with Crippen LogP contribution in [0.2, 0.25) is 0 Å². The third-order valence-corrected chi connectivity index (χ3v) is 5.84. The topological polar surface area (TPSA) is 46.5 Å². The first-order valence-electron chi connectivity index (χ1n) is 11.3. The Balaban J connectivity index is 1.57. The number of nitrogens with one attached hydrogen (secondary N) is 1. The number of H-pyrrole nitrogens is 1. The van der Waals surface area contributed by atoms with Crippen molar-refractivity contribution in [2.24, 2.45) is 0 Å². The van der Waals surface area contributed by atoms with Crippen LogP contribution in [0.5, 0.6) is 0 Å². The summed E-state index contributed by atoms with van der Waals surface area (Å²) < 4.78 is 1.96. The Labute approximate surface area is 198 Å². The zero-order valence-corrected chi connectivity index (χ0v) is 18.5. The summed E-state index contributed by atoms with van der Waals surface area (Å²) >= 11 is 0. The zero-order valence-electron chi connectivity index (χ0n) is 18.5. The third kappa shape index (κ3) is 3.71. The van der Waals surface area contributed by atoms with Crippen molar-refractivity contribution in [1.29, 1.82) is 0 Å². The lowest BCUT2D eigenvalue weighted by Gasteiger charge is -2.05. The van der Waals surface area contributed by atoms with Crippen molar-refractivity contribution in [2.75, 3.05) is 0 Å². The molecular formula is C30H22N4. The molecule has 0 radical (unpaired) electrons. The molecule has 1 N–H and O–H groups in total. The molecule has 6 rings (SSSR count). The Hall–Kier alpha value is -4.70. The minimum Gasteiger partial charge on any atom is -0.336 e. The number of benzene rings is 4. The molecule has 2 heterocycles. The van der Waals surface area contributed by atoms with E-state index in [4.69, 9.17) is 10.1 Å². The lowest BCUT2D eigenvalue weighted by atomic mass is 10.1. The summed E-state index contributed by atoms with van der Waals surface area (Å²) in [5.41, 5.74) is 7.93. The second-order valence-corrected chi connectivity index (χ2v) is 8.07. The average molecular weight is 439 g/mol. The van der Waals surface area contributed by atoms with E-state index in [1.165, 1.54) is 0 Å². The van der Waals surface area contributed by atoms with Crippen LogP contribution in [-0.2, 0) is 0 Å². The van der Waals surface area contributed by atoms with E-state index < -0.39 is 0 Å². The van der Waals surface area contributed by atoms with Gasteiger partial charge in [0.25, 0.3) is 0 Å². The number of aromatic amines is 1. The van der Waals surface area contributed by atoms with Crippen molar-refractivity contribution < 1.29 is 0 Å². The fraction of sp³-hybridized carbons (Fsp3) is 0. The summed E-state index contributed by atoms with van der Waals surface area (Å²) in [4.78, 5) is 8.72. The number of nitrogens with zero attached hydrogens (tertiary/aromatic N) is 3. The van der Waals surface area contributed by atoms with Crippen LogP contribution in [0.4, 0.5) is 0 Å². The number of para-hydroxylation sites is 1. The highest BCUT2D eigenvalue weighted by Gasteiger charge is 2.20. The molecule has 34 heavy (non-hydrogen) atoms. The maximum atomic E-state index is 5.10. The van der Waals surface area contributed by atoms with Gasteiger partial charge in [-0.3, -0.25) is 0 Å². The van der Waals surface area contributed by atoms with Gasteiger partial charge in [-0.2, -0.15) is 5.10 Å². The highest BCUT2D eigenvalue weighted by molar-refractivity contribution is 5.81. The lowest BCUT2D eigenvalue weighted by Crippen LogP contribution is -1.99. The van der Waals surface area contributed by atoms with Gasteiger partial charge < -0.3 is 4.98 Å². The van der Waals surface area contributed by atoms with Gasteiger partial charge in [-0.15, -0.1) is 0 Å². The summed E-state index contributed by atoms with van der Waals surface area (Å²) in [5, 5.41) is 4.97. The van der Waals surface area contributed by atoms with Gasteiger partial charge in [-0.05, 0) is 18.2 Å². The normalized spacial score (nSPS) is 10.9. The van der Waals surface area contributed by atoms with Crippen molar-refractivity contribution in [3.63, 3.8) is 0 Å². The van der Waals surface area contributed by atoms with Crippen LogP contribution in [0.3, 0.4) is 0 Å². The number of imidazole rings is 1. The van der Waals surface area contributed by atoms with Gasteiger partial charge in [0.1, 0.15) is 5.69 Å². The predicted octanol–water partition coefficient (Wildman–Crippen LogP) is 7.26. The molecule has 4 aromatic carbocycles.